The molecule has 10 rings (SSSR count). The smallest absolute Gasteiger partial charge is 0.251 e. The summed E-state index contributed by atoms with van der Waals surface area (Å²) in [7, 11) is 0. The maximum Gasteiger partial charge on any atom is 0.251 e. The van der Waals surface area contributed by atoms with Gasteiger partial charge in [0, 0.05) is 17.7 Å². The van der Waals surface area contributed by atoms with Gasteiger partial charge in [-0.25, -0.2) is 0 Å². The van der Waals surface area contributed by atoms with Crippen molar-refractivity contribution in [1.29, 1.82) is 0 Å². The van der Waals surface area contributed by atoms with Crippen LogP contribution in [-0.4, -0.2) is 25.9 Å². The minimum atomic E-state index is 0.0605. The Kier molecular flexibility index (Phi) is 15.7. The molecule has 8 heteroatoms. The van der Waals surface area contributed by atoms with Crippen LogP contribution in [0, 0.1) is 0 Å². The van der Waals surface area contributed by atoms with Crippen molar-refractivity contribution in [3.63, 3.8) is 0 Å². The van der Waals surface area contributed by atoms with Crippen molar-refractivity contribution in [3.05, 3.63) is 153 Å². The SMILES string of the molecule is CC(C)c1ccc2c(c1)CNC2=O.CC(C)c1ccc2c(c1)N=NC2.CC(C)c1ccc2c(c1)OCCO2.CC(C)c1ccc2c(c1)OCO2.CC(C)c1cccc2c1C=CC2. The molecule has 0 bridgehead atoms. The van der Waals surface area contributed by atoms with E-state index in [2.05, 4.69) is 158 Å². The van der Waals surface area contributed by atoms with Crippen LogP contribution in [0.4, 0.5) is 5.69 Å². The maximum atomic E-state index is 11.2. The second-order valence-corrected chi connectivity index (χ2v) is 17.7. The molecule has 0 unspecified atom stereocenters. The van der Waals surface area contributed by atoms with Crippen LogP contribution >= 0.6 is 0 Å². The lowest BCUT2D eigenvalue weighted by atomic mass is 9.95. The third-order valence-electron chi connectivity index (χ3n) is 11.4. The molecule has 5 aromatic rings. The summed E-state index contributed by atoms with van der Waals surface area (Å²) in [5.74, 6) is 6.38. The lowest BCUT2D eigenvalue weighted by Gasteiger charge is -2.19. The van der Waals surface area contributed by atoms with E-state index in [1.165, 1.54) is 44.5 Å². The number of nitrogens with one attached hydrogen (secondary N) is 1. The first-order chi connectivity index (χ1) is 29.8. The van der Waals surface area contributed by atoms with E-state index in [9.17, 15) is 4.79 Å². The number of hydrogen-bond acceptors (Lipinski definition) is 7. The molecule has 1 N–H and O–H groups in total. The monoisotopic (exact) mass is 835 g/mol. The number of nitrogens with zero attached hydrogens (tertiary/aromatic N) is 2. The number of ether oxygens (including phenoxy) is 4. The average Bonchev–Trinajstić information content (AvgIpc) is 4.11. The van der Waals surface area contributed by atoms with Gasteiger partial charge < -0.3 is 24.3 Å². The predicted octanol–water partition coefficient (Wildman–Crippen LogP) is 14.0. The fourth-order valence-electron chi connectivity index (χ4n) is 7.48. The van der Waals surface area contributed by atoms with Crippen LogP contribution in [0.25, 0.3) is 6.08 Å². The largest absolute Gasteiger partial charge is 0.486 e. The highest BCUT2D eigenvalue weighted by molar-refractivity contribution is 5.98. The van der Waals surface area contributed by atoms with E-state index in [0.717, 1.165) is 52.8 Å². The van der Waals surface area contributed by atoms with E-state index in [1.807, 2.05) is 30.3 Å². The van der Waals surface area contributed by atoms with E-state index in [1.54, 1.807) is 0 Å². The number of rotatable bonds is 5. The van der Waals surface area contributed by atoms with Crippen molar-refractivity contribution < 1.29 is 23.7 Å². The highest BCUT2D eigenvalue weighted by Crippen LogP contribution is 2.35. The van der Waals surface area contributed by atoms with Crippen molar-refractivity contribution in [2.75, 3.05) is 20.0 Å². The normalized spacial score (nSPS) is 14.2. The molecular weight excluding hydrogens is 771 g/mol. The molecule has 0 saturated heterocycles. The van der Waals surface area contributed by atoms with E-state index in [-0.39, 0.29) is 5.91 Å². The summed E-state index contributed by atoms with van der Waals surface area (Å²) in [5.41, 5.74) is 13.9. The molecule has 326 valence electrons. The van der Waals surface area contributed by atoms with Crippen LogP contribution < -0.4 is 24.3 Å². The Morgan fingerprint density at radius 3 is 1.77 bits per heavy atom. The summed E-state index contributed by atoms with van der Waals surface area (Å²) in [4.78, 5) is 11.2. The van der Waals surface area contributed by atoms with Crippen LogP contribution in [0.2, 0.25) is 0 Å². The number of fused-ring (bicyclic) bond motifs is 5. The minimum absolute atomic E-state index is 0.0605. The zero-order valence-corrected chi connectivity index (χ0v) is 38.4. The van der Waals surface area contributed by atoms with Gasteiger partial charge in [0.05, 0.1) is 12.2 Å². The molecule has 0 fully saturated rings. The summed E-state index contributed by atoms with van der Waals surface area (Å²) < 4.78 is 21.4. The number of hydrogen-bond donors (Lipinski definition) is 1. The van der Waals surface area contributed by atoms with Crippen molar-refractivity contribution in [2.24, 2.45) is 10.2 Å². The summed E-state index contributed by atoms with van der Waals surface area (Å²) in [6, 6.07) is 31.4. The van der Waals surface area contributed by atoms with Gasteiger partial charge >= 0.3 is 0 Å². The molecule has 0 atom stereocenters. The van der Waals surface area contributed by atoms with Crippen molar-refractivity contribution in [2.45, 2.75) is 118 Å². The van der Waals surface area contributed by atoms with E-state index in [4.69, 9.17) is 18.9 Å². The van der Waals surface area contributed by atoms with Crippen molar-refractivity contribution in [1.82, 2.24) is 5.32 Å². The van der Waals surface area contributed by atoms with Crippen LogP contribution in [0.15, 0.2) is 107 Å². The molecule has 8 nitrogen and oxygen atoms in total. The second-order valence-electron chi connectivity index (χ2n) is 17.7. The molecule has 1 aliphatic carbocycles. The highest BCUT2D eigenvalue weighted by atomic mass is 16.7. The van der Waals surface area contributed by atoms with Gasteiger partial charge in [-0.2, -0.15) is 10.2 Å². The molecule has 0 saturated carbocycles. The van der Waals surface area contributed by atoms with Gasteiger partial charge in [0.15, 0.2) is 23.0 Å². The lowest BCUT2D eigenvalue weighted by molar-refractivity contribution is 0.0965. The second kappa shape index (κ2) is 21.3. The maximum absolute atomic E-state index is 11.2. The van der Waals surface area contributed by atoms with E-state index in [0.29, 0.717) is 56.1 Å². The minimum Gasteiger partial charge on any atom is -0.486 e. The Hall–Kier alpha value is -5.89. The van der Waals surface area contributed by atoms with Gasteiger partial charge in [-0.05, 0) is 117 Å². The Balaban J connectivity index is 0.000000129. The Bertz CT molecular complexity index is 2370. The van der Waals surface area contributed by atoms with Gasteiger partial charge in [0.25, 0.3) is 5.91 Å². The van der Waals surface area contributed by atoms with Gasteiger partial charge in [0.2, 0.25) is 6.79 Å². The molecular formula is C54H65N3O5. The van der Waals surface area contributed by atoms with Crippen LogP contribution in [-0.2, 0) is 19.5 Å². The quantitative estimate of drug-likeness (QED) is 0.190. The first-order valence-electron chi connectivity index (χ1n) is 22.3. The summed E-state index contributed by atoms with van der Waals surface area (Å²) >= 11 is 0. The lowest BCUT2D eigenvalue weighted by Crippen LogP contribution is -2.15. The molecule has 4 heterocycles. The van der Waals surface area contributed by atoms with Crippen LogP contribution in [0.1, 0.15) is 159 Å². The number of carbonyl (C=O) groups is 1. The van der Waals surface area contributed by atoms with Gasteiger partial charge in [-0.3, -0.25) is 4.79 Å². The topological polar surface area (TPSA) is 90.7 Å². The third kappa shape index (κ3) is 11.7. The molecule has 62 heavy (non-hydrogen) atoms. The summed E-state index contributed by atoms with van der Waals surface area (Å²) in [5, 5.41) is 10.9. The molecule has 4 aliphatic heterocycles. The molecule has 0 radical (unpaired) electrons. The third-order valence-corrected chi connectivity index (χ3v) is 11.4. The summed E-state index contributed by atoms with van der Waals surface area (Å²) in [6.07, 6.45) is 5.62. The van der Waals surface area contributed by atoms with Crippen molar-refractivity contribution in [3.8, 4) is 23.0 Å². The highest BCUT2D eigenvalue weighted by Gasteiger charge is 2.19. The molecule has 1 amide bonds. The Labute approximate surface area is 369 Å². The number of azo groups is 1. The van der Waals surface area contributed by atoms with Crippen LogP contribution in [0.5, 0.6) is 23.0 Å². The fraction of sp³-hybridized carbons (Fsp3) is 0.389. The van der Waals surface area contributed by atoms with Crippen molar-refractivity contribution >= 4 is 17.7 Å². The Morgan fingerprint density at radius 1 is 0.548 bits per heavy atom. The number of carbonyl (C=O) groups excluding carboxylic acids is 1. The molecule has 0 spiro atoms. The number of allylic oxidation sites excluding steroid dienone is 1. The zero-order chi connectivity index (χ0) is 44.3. The fourth-order valence-corrected chi connectivity index (χ4v) is 7.48. The predicted molar refractivity (Wildman–Crippen MR) is 252 cm³/mol. The first kappa shape index (κ1) is 45.6. The zero-order valence-electron chi connectivity index (χ0n) is 38.4. The van der Waals surface area contributed by atoms with Gasteiger partial charge in [-0.15, -0.1) is 0 Å². The molecule has 0 aromatic heterocycles. The first-order valence-corrected chi connectivity index (χ1v) is 22.3. The van der Waals surface area contributed by atoms with E-state index >= 15 is 0 Å². The molecule has 5 aliphatic rings. The number of amides is 1. The number of benzene rings is 5. The van der Waals surface area contributed by atoms with Crippen LogP contribution in [0.3, 0.4) is 0 Å². The molecule has 5 aromatic carbocycles. The average molecular weight is 836 g/mol. The standard InChI is InChI=1S/C12H14.C11H13NO.C11H14O2.C10H12N2.C10H12O2/c1-9(2)11-7-3-5-10-6-4-8-12(10)11;1-7(2)8-3-4-10-9(5-8)6-12-11(10)13;1-8(2)9-3-4-10-11(7-9)13-6-5-12-10;1-7(2)8-3-4-9-6-11-12-10(9)5-8;1-7(2)8-3-4-9-10(5-8)12-6-11-9/h3-5,7-9H,6H2,1-2H3;3-5,7H,6H2,1-2H3,(H,12,13);3-4,7-8H,5-6H2,1-2H3;2*3-5,7H,6H2,1-2H3. The Morgan fingerprint density at radius 2 is 1.11 bits per heavy atom. The summed E-state index contributed by atoms with van der Waals surface area (Å²) in [6.45, 7) is 25.0. The van der Waals surface area contributed by atoms with Gasteiger partial charge in [-0.1, -0.05) is 136 Å². The van der Waals surface area contributed by atoms with E-state index < -0.39 is 0 Å². The van der Waals surface area contributed by atoms with Gasteiger partial charge in [0.1, 0.15) is 13.2 Å².